The first-order chi connectivity index (χ1) is 16.0. The summed E-state index contributed by atoms with van der Waals surface area (Å²) in [6, 6.07) is 7.89. The van der Waals surface area contributed by atoms with Crippen LogP contribution in [-0.2, 0) is 9.57 Å². The monoisotopic (exact) mass is 456 g/mol. The highest BCUT2D eigenvalue weighted by Crippen LogP contribution is 2.24. The van der Waals surface area contributed by atoms with Crippen LogP contribution in [0.2, 0.25) is 0 Å². The Kier molecular flexibility index (Phi) is 8.78. The van der Waals surface area contributed by atoms with Crippen molar-refractivity contribution < 1.29 is 18.8 Å². The van der Waals surface area contributed by atoms with E-state index in [4.69, 9.17) is 14.8 Å². The number of hydrogen-bond donors (Lipinski definition) is 1. The average Bonchev–Trinajstić information content (AvgIpc) is 2.82. The molecule has 0 bridgehead atoms. The molecule has 1 N–H and O–H groups in total. The van der Waals surface area contributed by atoms with Gasteiger partial charge < -0.3 is 19.8 Å². The normalized spacial score (nSPS) is 14.4. The lowest BCUT2D eigenvalue weighted by molar-refractivity contribution is -0.142. The highest BCUT2D eigenvalue weighted by atomic mass is 19.1. The Morgan fingerprint density at radius 1 is 1.33 bits per heavy atom. The fourth-order valence-electron chi connectivity index (χ4n) is 3.54. The first-order valence-electron chi connectivity index (χ1n) is 11.1. The van der Waals surface area contributed by atoms with Crippen molar-refractivity contribution in [2.75, 3.05) is 43.5 Å². The molecule has 0 radical (unpaired) electrons. The van der Waals surface area contributed by atoms with Crippen LogP contribution >= 0.6 is 0 Å². The van der Waals surface area contributed by atoms with E-state index < -0.39 is 12.0 Å². The maximum atomic E-state index is 14.2. The molecule has 0 amide bonds. The van der Waals surface area contributed by atoms with Crippen LogP contribution < -0.4 is 10.2 Å². The minimum Gasteiger partial charge on any atom is -0.433 e. The Labute approximate surface area is 193 Å². The Balaban J connectivity index is 1.49. The van der Waals surface area contributed by atoms with Gasteiger partial charge in [-0.1, -0.05) is 13.3 Å². The van der Waals surface area contributed by atoms with Crippen LogP contribution in [0, 0.1) is 23.1 Å². The Morgan fingerprint density at radius 3 is 2.82 bits per heavy atom. The maximum absolute atomic E-state index is 14.2. The van der Waals surface area contributed by atoms with Gasteiger partial charge in [0.25, 0.3) is 0 Å². The number of rotatable bonds is 9. The van der Waals surface area contributed by atoms with E-state index in [9.17, 15) is 9.18 Å². The zero-order valence-electron chi connectivity index (χ0n) is 19.0. The fraction of sp³-hybridized carbons (Fsp3) is 0.478. The van der Waals surface area contributed by atoms with Gasteiger partial charge >= 0.3 is 6.16 Å². The predicted molar refractivity (Wildman–Crippen MR) is 121 cm³/mol. The topological polar surface area (TPSA) is 104 Å². The van der Waals surface area contributed by atoms with Crippen molar-refractivity contribution in [1.29, 1.82) is 5.26 Å². The maximum Gasteiger partial charge on any atom is 0.527 e. The van der Waals surface area contributed by atoms with Crippen molar-refractivity contribution in [3.05, 3.63) is 42.0 Å². The molecule has 9 nitrogen and oxygen atoms in total. The average molecular weight is 457 g/mol. The number of piperidine rings is 1. The van der Waals surface area contributed by atoms with E-state index in [1.807, 2.05) is 24.9 Å². The molecule has 1 aliphatic rings. The molecule has 0 aliphatic carbocycles. The summed E-state index contributed by atoms with van der Waals surface area (Å²) >= 11 is 0. The molecular weight excluding hydrogens is 427 g/mol. The first kappa shape index (κ1) is 24.2. The van der Waals surface area contributed by atoms with Crippen LogP contribution in [-0.4, -0.2) is 54.5 Å². The number of hydrogen-bond acceptors (Lipinski definition) is 9. The van der Waals surface area contributed by atoms with Crippen LogP contribution in [0.4, 0.5) is 26.5 Å². The Hall–Kier alpha value is -3.45. The van der Waals surface area contributed by atoms with Gasteiger partial charge in [0.1, 0.15) is 23.8 Å². The molecule has 1 saturated heterocycles. The van der Waals surface area contributed by atoms with Crippen LogP contribution in [0.15, 0.2) is 30.6 Å². The third kappa shape index (κ3) is 7.29. The second-order valence-electron chi connectivity index (χ2n) is 7.99. The summed E-state index contributed by atoms with van der Waals surface area (Å²) in [7, 11) is 1.95. The lowest BCUT2D eigenvalue weighted by atomic mass is 9.97. The molecule has 3 rings (SSSR count). The summed E-state index contributed by atoms with van der Waals surface area (Å²) in [5, 5.41) is 13.5. The molecule has 2 aromatic rings. The zero-order valence-corrected chi connectivity index (χ0v) is 19.0. The van der Waals surface area contributed by atoms with E-state index >= 15 is 0 Å². The summed E-state index contributed by atoms with van der Waals surface area (Å²) in [4.78, 5) is 27.5. The number of benzene rings is 1. The smallest absolute Gasteiger partial charge is 0.433 e. The highest BCUT2D eigenvalue weighted by molar-refractivity contribution is 5.61. The third-order valence-electron chi connectivity index (χ3n) is 5.43. The number of nitrogens with zero attached hydrogens (tertiary/aromatic N) is 5. The zero-order chi connectivity index (χ0) is 23.6. The molecule has 33 heavy (non-hydrogen) atoms. The summed E-state index contributed by atoms with van der Waals surface area (Å²) in [6.07, 6.45) is 4.32. The van der Waals surface area contributed by atoms with E-state index in [1.54, 1.807) is 17.2 Å². The first-order valence-corrected chi connectivity index (χ1v) is 11.1. The number of hydroxylamine groups is 2. The van der Waals surface area contributed by atoms with E-state index in [0.29, 0.717) is 37.3 Å². The number of unbranched alkanes of at least 4 members (excludes halogenated alkanes) is 1. The number of halogens is 1. The molecule has 1 aromatic carbocycles. The number of aromatic nitrogens is 2. The van der Waals surface area contributed by atoms with Crippen LogP contribution in [0.3, 0.4) is 0 Å². The molecular formula is C23H29FN6O3. The summed E-state index contributed by atoms with van der Waals surface area (Å²) in [5.41, 5.74) is 0.493. The molecule has 2 heterocycles. The summed E-state index contributed by atoms with van der Waals surface area (Å²) in [6.45, 7) is 4.48. The largest absolute Gasteiger partial charge is 0.527 e. The molecule has 0 unspecified atom stereocenters. The van der Waals surface area contributed by atoms with E-state index in [0.717, 1.165) is 32.2 Å². The van der Waals surface area contributed by atoms with Gasteiger partial charge in [-0.25, -0.2) is 19.2 Å². The second-order valence-corrected chi connectivity index (χ2v) is 7.99. The highest BCUT2D eigenvalue weighted by Gasteiger charge is 2.24. The number of carbonyl (C=O) groups excluding carboxylic acids is 1. The van der Waals surface area contributed by atoms with Gasteiger partial charge in [0.15, 0.2) is 0 Å². The summed E-state index contributed by atoms with van der Waals surface area (Å²) < 4.78 is 19.2. The van der Waals surface area contributed by atoms with Gasteiger partial charge in [-0.15, -0.1) is 5.06 Å². The summed E-state index contributed by atoms with van der Waals surface area (Å²) in [5.74, 6) is 1.05. The van der Waals surface area contributed by atoms with E-state index in [2.05, 4.69) is 15.3 Å². The molecule has 0 spiro atoms. The van der Waals surface area contributed by atoms with E-state index in [-0.39, 0.29) is 11.3 Å². The van der Waals surface area contributed by atoms with Gasteiger partial charge in [-0.3, -0.25) is 0 Å². The third-order valence-corrected chi connectivity index (χ3v) is 5.43. The lowest BCUT2D eigenvalue weighted by Crippen LogP contribution is -2.39. The van der Waals surface area contributed by atoms with Crippen LogP contribution in [0.5, 0.6) is 0 Å². The fourth-order valence-corrected chi connectivity index (χ4v) is 3.54. The number of ether oxygens (including phenoxy) is 1. The van der Waals surface area contributed by atoms with Crippen molar-refractivity contribution >= 4 is 23.5 Å². The predicted octanol–water partition coefficient (Wildman–Crippen LogP) is 4.25. The van der Waals surface area contributed by atoms with Gasteiger partial charge in [0.2, 0.25) is 0 Å². The standard InChI is InChI=1S/C23H29FN6O3/c1-3-4-11-32-23(31)33-30-9-7-17(8-10-30)15-29(2)22-13-21(26-16-27-22)28-20-6-5-18(14-25)12-19(20)24/h5-6,12-13,16-17H,3-4,7-11,15H2,1-2H3,(H,26,27,28). The molecule has 1 aliphatic heterocycles. The van der Waals surface area contributed by atoms with Crippen molar-refractivity contribution in [3.63, 3.8) is 0 Å². The second kappa shape index (κ2) is 12.0. The number of anilines is 3. The number of nitriles is 1. The SMILES string of the molecule is CCCCOC(=O)ON1CCC(CN(C)c2cc(Nc3ccc(C#N)cc3F)ncn2)CC1. The van der Waals surface area contributed by atoms with Crippen molar-refractivity contribution in [2.24, 2.45) is 5.92 Å². The lowest BCUT2D eigenvalue weighted by Gasteiger charge is -2.32. The molecule has 0 atom stereocenters. The van der Waals surface area contributed by atoms with Crippen molar-refractivity contribution in [2.45, 2.75) is 32.6 Å². The molecule has 1 fully saturated rings. The van der Waals surface area contributed by atoms with Crippen LogP contribution in [0.25, 0.3) is 0 Å². The van der Waals surface area contributed by atoms with Crippen molar-refractivity contribution in [3.8, 4) is 6.07 Å². The van der Waals surface area contributed by atoms with Gasteiger partial charge in [-0.2, -0.15) is 5.26 Å². The Morgan fingerprint density at radius 2 is 2.12 bits per heavy atom. The number of carbonyl (C=O) groups is 1. The van der Waals surface area contributed by atoms with Crippen molar-refractivity contribution in [1.82, 2.24) is 15.0 Å². The van der Waals surface area contributed by atoms with Crippen LogP contribution in [0.1, 0.15) is 38.2 Å². The van der Waals surface area contributed by atoms with Gasteiger partial charge in [-0.05, 0) is 43.4 Å². The molecule has 10 heteroatoms. The van der Waals surface area contributed by atoms with E-state index in [1.165, 1.54) is 18.5 Å². The molecule has 1 aromatic heterocycles. The molecule has 176 valence electrons. The number of nitrogens with one attached hydrogen (secondary N) is 1. The minimum absolute atomic E-state index is 0.238. The van der Waals surface area contributed by atoms with Gasteiger partial charge in [0, 0.05) is 32.7 Å². The minimum atomic E-state index is -0.640. The quantitative estimate of drug-likeness (QED) is 0.438. The Bertz CT molecular complexity index is 975. The molecule has 0 saturated carbocycles. The van der Waals surface area contributed by atoms with Gasteiger partial charge in [0.05, 0.1) is 23.9 Å².